The second-order valence-electron chi connectivity index (χ2n) is 2.74. The molecule has 0 saturated carbocycles. The van der Waals surface area contributed by atoms with E-state index in [0.717, 1.165) is 11.3 Å². The fourth-order valence-corrected chi connectivity index (χ4v) is 1.24. The minimum atomic E-state index is 0.399. The number of aliphatic hydroxyl groups excluding tert-OH is 1. The van der Waals surface area contributed by atoms with E-state index in [1.807, 2.05) is 24.3 Å². The zero-order chi connectivity index (χ0) is 8.39. The molecule has 2 heteroatoms. The summed E-state index contributed by atoms with van der Waals surface area (Å²) in [5, 5.41) is 9.24. The number of rotatable bonds is 0. The Morgan fingerprint density at radius 3 is 3.00 bits per heavy atom. The van der Waals surface area contributed by atoms with Gasteiger partial charge in [-0.1, -0.05) is 12.2 Å². The van der Waals surface area contributed by atoms with Crippen molar-refractivity contribution in [3.63, 3.8) is 0 Å². The van der Waals surface area contributed by atoms with Gasteiger partial charge in [-0.15, -0.1) is 0 Å². The first kappa shape index (κ1) is 7.10. The highest BCUT2D eigenvalue weighted by Crippen LogP contribution is 2.24. The highest BCUT2D eigenvalue weighted by atomic mass is 16.3. The van der Waals surface area contributed by atoms with E-state index in [1.165, 1.54) is 0 Å². The topological polar surface area (TPSA) is 32.6 Å². The Morgan fingerprint density at radius 1 is 1.17 bits per heavy atom. The molecule has 0 aromatic heterocycles. The summed E-state index contributed by atoms with van der Waals surface area (Å²) in [4.78, 5) is 4.20. The van der Waals surface area contributed by atoms with Gasteiger partial charge < -0.3 is 5.11 Å². The van der Waals surface area contributed by atoms with Crippen LogP contribution in [0.3, 0.4) is 0 Å². The lowest BCUT2D eigenvalue weighted by Crippen LogP contribution is -1.95. The van der Waals surface area contributed by atoms with Crippen molar-refractivity contribution in [1.29, 1.82) is 0 Å². The maximum atomic E-state index is 9.24. The van der Waals surface area contributed by atoms with Crippen molar-refractivity contribution < 1.29 is 5.11 Å². The van der Waals surface area contributed by atoms with Gasteiger partial charge >= 0.3 is 0 Å². The second-order valence-corrected chi connectivity index (χ2v) is 2.74. The van der Waals surface area contributed by atoms with Gasteiger partial charge in [0.2, 0.25) is 0 Å². The molecule has 0 atom stereocenters. The Bertz CT molecular complexity index is 343. The fourth-order valence-electron chi connectivity index (χ4n) is 1.24. The van der Waals surface area contributed by atoms with Crippen LogP contribution < -0.4 is 0 Å². The maximum absolute atomic E-state index is 9.24. The van der Waals surface area contributed by atoms with E-state index >= 15 is 0 Å². The molecule has 2 nitrogen and oxygen atoms in total. The van der Waals surface area contributed by atoms with Crippen molar-refractivity contribution in [2.45, 2.75) is 6.42 Å². The smallest absolute Gasteiger partial charge is 0.0967 e. The third kappa shape index (κ3) is 1.23. The first-order chi connectivity index (χ1) is 5.86. The van der Waals surface area contributed by atoms with Crippen LogP contribution in [0.2, 0.25) is 0 Å². The van der Waals surface area contributed by atoms with Crippen molar-refractivity contribution in [2.24, 2.45) is 4.99 Å². The molecule has 0 aromatic rings. The molecule has 1 heterocycles. The summed E-state index contributed by atoms with van der Waals surface area (Å²) in [5.74, 6) is 0.399. The fraction of sp³-hybridized carbons (Fsp3) is 0.100. The Kier molecular flexibility index (Phi) is 1.67. The van der Waals surface area contributed by atoms with Crippen LogP contribution in [-0.4, -0.2) is 11.3 Å². The lowest BCUT2D eigenvalue weighted by atomic mass is 10.0. The van der Waals surface area contributed by atoms with Crippen molar-refractivity contribution in [2.75, 3.05) is 0 Å². The maximum Gasteiger partial charge on any atom is 0.0967 e. The van der Waals surface area contributed by atoms with Gasteiger partial charge in [0.1, 0.15) is 0 Å². The summed E-state index contributed by atoms with van der Waals surface area (Å²) in [6, 6.07) is 0. The monoisotopic (exact) mass is 159 g/mol. The zero-order valence-electron chi connectivity index (χ0n) is 6.57. The molecule has 0 saturated heterocycles. The average Bonchev–Trinajstić information content (AvgIpc) is 2.28. The molecular weight excluding hydrogens is 150 g/mol. The van der Waals surface area contributed by atoms with Gasteiger partial charge in [0.05, 0.1) is 11.5 Å². The minimum Gasteiger partial charge on any atom is -0.512 e. The Balaban J connectivity index is 2.43. The molecule has 0 spiro atoms. The summed E-state index contributed by atoms with van der Waals surface area (Å²) in [5.41, 5.74) is 2.01. The lowest BCUT2D eigenvalue weighted by Gasteiger charge is -2.09. The third-order valence-corrected chi connectivity index (χ3v) is 1.84. The van der Waals surface area contributed by atoms with Gasteiger partial charge in [-0.05, 0) is 23.8 Å². The molecule has 60 valence electrons. The summed E-state index contributed by atoms with van der Waals surface area (Å²) in [6.07, 6.45) is 11.6. The predicted octanol–water partition coefficient (Wildman–Crippen LogP) is 2.28. The predicted molar refractivity (Wildman–Crippen MR) is 49.1 cm³/mol. The average molecular weight is 159 g/mol. The zero-order valence-corrected chi connectivity index (χ0v) is 6.57. The van der Waals surface area contributed by atoms with Gasteiger partial charge in [-0.3, -0.25) is 4.99 Å². The summed E-state index contributed by atoms with van der Waals surface area (Å²) in [6.45, 7) is 0. The van der Waals surface area contributed by atoms with Crippen LogP contribution in [0, 0.1) is 0 Å². The number of nitrogens with zero attached hydrogens (tertiary/aromatic N) is 1. The standard InChI is InChI=1S/C10H9NO/c12-9-4-5-10-8(7-9)3-1-2-6-11-10/h1-6,12H,7H2. The Labute approximate surface area is 70.9 Å². The van der Waals surface area contributed by atoms with E-state index in [2.05, 4.69) is 4.99 Å². The molecule has 2 aliphatic rings. The van der Waals surface area contributed by atoms with Crippen LogP contribution in [-0.2, 0) is 0 Å². The van der Waals surface area contributed by atoms with Crippen LogP contribution in [0.4, 0.5) is 0 Å². The molecule has 0 bridgehead atoms. The molecule has 0 aromatic carbocycles. The van der Waals surface area contributed by atoms with E-state index in [-0.39, 0.29) is 0 Å². The number of hydrogen-bond acceptors (Lipinski definition) is 2. The molecule has 1 N–H and O–H groups in total. The second kappa shape index (κ2) is 2.81. The third-order valence-electron chi connectivity index (χ3n) is 1.84. The van der Waals surface area contributed by atoms with Gasteiger partial charge in [0.25, 0.3) is 0 Å². The quantitative estimate of drug-likeness (QED) is 0.577. The minimum absolute atomic E-state index is 0.399. The number of allylic oxidation sites excluding steroid dienone is 7. The Morgan fingerprint density at radius 2 is 2.08 bits per heavy atom. The molecule has 2 rings (SSSR count). The Hall–Kier alpha value is -1.57. The van der Waals surface area contributed by atoms with Crippen LogP contribution in [0.15, 0.2) is 52.4 Å². The molecule has 1 aliphatic carbocycles. The van der Waals surface area contributed by atoms with Crippen LogP contribution in [0.1, 0.15) is 6.42 Å². The van der Waals surface area contributed by atoms with E-state index in [1.54, 1.807) is 12.3 Å². The van der Waals surface area contributed by atoms with Gasteiger partial charge in [-0.2, -0.15) is 0 Å². The molecule has 0 amide bonds. The largest absolute Gasteiger partial charge is 0.512 e. The lowest BCUT2D eigenvalue weighted by molar-refractivity contribution is 0.397. The normalized spacial score (nSPS) is 20.5. The first-order valence-corrected chi connectivity index (χ1v) is 3.86. The van der Waals surface area contributed by atoms with E-state index in [9.17, 15) is 5.11 Å². The van der Waals surface area contributed by atoms with Crippen molar-refractivity contribution in [3.8, 4) is 0 Å². The van der Waals surface area contributed by atoms with Crippen LogP contribution >= 0.6 is 0 Å². The van der Waals surface area contributed by atoms with Gasteiger partial charge in [0, 0.05) is 12.6 Å². The van der Waals surface area contributed by atoms with Gasteiger partial charge in [0.15, 0.2) is 0 Å². The van der Waals surface area contributed by atoms with Crippen molar-refractivity contribution in [3.05, 3.63) is 47.4 Å². The van der Waals surface area contributed by atoms with Crippen LogP contribution in [0.5, 0.6) is 0 Å². The number of aliphatic imine (C=N–C) groups is 1. The highest BCUT2D eigenvalue weighted by molar-refractivity contribution is 5.75. The van der Waals surface area contributed by atoms with E-state index < -0.39 is 0 Å². The van der Waals surface area contributed by atoms with E-state index in [4.69, 9.17) is 0 Å². The molecule has 0 fully saturated rings. The summed E-state index contributed by atoms with van der Waals surface area (Å²) >= 11 is 0. The first-order valence-electron chi connectivity index (χ1n) is 3.86. The van der Waals surface area contributed by atoms with Crippen molar-refractivity contribution >= 4 is 6.21 Å². The van der Waals surface area contributed by atoms with E-state index in [0.29, 0.717) is 12.2 Å². The molecule has 12 heavy (non-hydrogen) atoms. The molecular formula is C10H9NO. The molecule has 0 radical (unpaired) electrons. The number of fused-ring (bicyclic) bond motifs is 1. The van der Waals surface area contributed by atoms with Gasteiger partial charge in [-0.25, -0.2) is 0 Å². The summed E-state index contributed by atoms with van der Waals surface area (Å²) in [7, 11) is 0. The highest BCUT2D eigenvalue weighted by Gasteiger charge is 2.10. The molecule has 0 unspecified atom stereocenters. The van der Waals surface area contributed by atoms with Crippen LogP contribution in [0.25, 0.3) is 0 Å². The molecule has 1 aliphatic heterocycles. The van der Waals surface area contributed by atoms with Crippen molar-refractivity contribution in [1.82, 2.24) is 0 Å². The number of hydrogen-bond donors (Lipinski definition) is 1. The summed E-state index contributed by atoms with van der Waals surface area (Å²) < 4.78 is 0. The SMILES string of the molecule is OC1=CC=C2N=CC=CC=C2C1. The number of aliphatic hydroxyl groups is 1.